The Bertz CT molecular complexity index is 704. The van der Waals surface area contributed by atoms with E-state index >= 15 is 0 Å². The van der Waals surface area contributed by atoms with Gasteiger partial charge in [-0.3, -0.25) is 14.6 Å². The quantitative estimate of drug-likeness (QED) is 0.766. The lowest BCUT2D eigenvalue weighted by molar-refractivity contribution is -0.125. The number of benzene rings is 1. The summed E-state index contributed by atoms with van der Waals surface area (Å²) in [7, 11) is 1.56. The highest BCUT2D eigenvalue weighted by Gasteiger charge is 2.16. The number of nitrogens with one attached hydrogen (secondary N) is 2. The van der Waals surface area contributed by atoms with Crippen LogP contribution in [0.15, 0.2) is 48.8 Å². The fraction of sp³-hybridized carbons (Fsp3) is 0.316. The first-order valence-corrected chi connectivity index (χ1v) is 8.18. The van der Waals surface area contributed by atoms with Gasteiger partial charge < -0.3 is 15.4 Å². The van der Waals surface area contributed by atoms with Crippen LogP contribution in [0.3, 0.4) is 0 Å². The topological polar surface area (TPSA) is 80.3 Å². The lowest BCUT2D eigenvalue weighted by atomic mass is 9.99. The molecule has 0 bridgehead atoms. The van der Waals surface area contributed by atoms with Gasteiger partial charge in [-0.2, -0.15) is 0 Å². The van der Waals surface area contributed by atoms with E-state index in [0.29, 0.717) is 18.7 Å². The van der Waals surface area contributed by atoms with Gasteiger partial charge in [-0.25, -0.2) is 0 Å². The van der Waals surface area contributed by atoms with Gasteiger partial charge in [0.15, 0.2) is 6.61 Å². The molecule has 6 nitrogen and oxygen atoms in total. The number of hydrogen-bond donors (Lipinski definition) is 2. The lowest BCUT2D eigenvalue weighted by Crippen LogP contribution is -2.30. The molecule has 1 atom stereocenters. The molecule has 2 aromatic rings. The zero-order chi connectivity index (χ0) is 18.1. The van der Waals surface area contributed by atoms with Crippen molar-refractivity contribution in [3.63, 3.8) is 0 Å². The van der Waals surface area contributed by atoms with Gasteiger partial charge in [-0.15, -0.1) is 0 Å². The monoisotopic (exact) mass is 341 g/mol. The van der Waals surface area contributed by atoms with E-state index in [9.17, 15) is 9.59 Å². The van der Waals surface area contributed by atoms with Crippen molar-refractivity contribution < 1.29 is 14.3 Å². The Morgan fingerprint density at radius 2 is 2.00 bits per heavy atom. The van der Waals surface area contributed by atoms with Crippen LogP contribution in [-0.2, 0) is 22.6 Å². The van der Waals surface area contributed by atoms with Gasteiger partial charge in [0, 0.05) is 31.9 Å². The van der Waals surface area contributed by atoms with E-state index in [1.165, 1.54) is 0 Å². The summed E-state index contributed by atoms with van der Waals surface area (Å²) in [5.41, 5.74) is 1.85. The number of aromatic nitrogens is 1. The number of likely N-dealkylation sites (N-methyl/N-ethyl adjacent to an activating group) is 1. The molecular weight excluding hydrogens is 318 g/mol. The van der Waals surface area contributed by atoms with Crippen LogP contribution in [-0.4, -0.2) is 30.5 Å². The molecule has 132 valence electrons. The third kappa shape index (κ3) is 5.91. The summed E-state index contributed by atoms with van der Waals surface area (Å²) in [4.78, 5) is 27.7. The minimum atomic E-state index is -0.221. The maximum Gasteiger partial charge on any atom is 0.257 e. The van der Waals surface area contributed by atoms with E-state index in [0.717, 1.165) is 11.1 Å². The van der Waals surface area contributed by atoms with Crippen molar-refractivity contribution in [3.05, 3.63) is 59.9 Å². The van der Waals surface area contributed by atoms with Gasteiger partial charge in [0.25, 0.3) is 5.91 Å². The molecule has 25 heavy (non-hydrogen) atoms. The van der Waals surface area contributed by atoms with E-state index < -0.39 is 0 Å². The second kappa shape index (κ2) is 9.42. The molecule has 2 rings (SSSR count). The summed E-state index contributed by atoms with van der Waals surface area (Å²) in [6, 6.07) is 11.2. The Labute approximate surface area is 147 Å². The van der Waals surface area contributed by atoms with Crippen LogP contribution in [0.5, 0.6) is 5.75 Å². The maximum atomic E-state index is 12.3. The van der Waals surface area contributed by atoms with Gasteiger partial charge in [0.05, 0.1) is 0 Å². The first kappa shape index (κ1) is 18.4. The average molecular weight is 341 g/mol. The van der Waals surface area contributed by atoms with Crippen molar-refractivity contribution in [3.8, 4) is 5.75 Å². The van der Waals surface area contributed by atoms with Crippen LogP contribution in [0, 0.1) is 5.92 Å². The number of amides is 2. The van der Waals surface area contributed by atoms with Crippen molar-refractivity contribution in [2.75, 3.05) is 13.7 Å². The van der Waals surface area contributed by atoms with Crippen LogP contribution < -0.4 is 15.4 Å². The van der Waals surface area contributed by atoms with Crippen LogP contribution in [0.25, 0.3) is 0 Å². The van der Waals surface area contributed by atoms with Gasteiger partial charge in [-0.05, 0) is 29.7 Å². The largest absolute Gasteiger partial charge is 0.483 e. The molecule has 1 unspecified atom stereocenters. The van der Waals surface area contributed by atoms with Crippen molar-refractivity contribution in [2.24, 2.45) is 5.92 Å². The highest BCUT2D eigenvalue weighted by molar-refractivity contribution is 5.79. The van der Waals surface area contributed by atoms with E-state index in [1.807, 2.05) is 37.3 Å². The molecule has 1 heterocycles. The predicted molar refractivity (Wildman–Crippen MR) is 95.0 cm³/mol. The highest BCUT2D eigenvalue weighted by atomic mass is 16.5. The summed E-state index contributed by atoms with van der Waals surface area (Å²) < 4.78 is 5.55. The molecule has 2 N–H and O–H groups in total. The van der Waals surface area contributed by atoms with Gasteiger partial charge in [-0.1, -0.05) is 31.2 Å². The molecule has 0 aliphatic heterocycles. The summed E-state index contributed by atoms with van der Waals surface area (Å²) in [6.45, 7) is 2.27. The third-order valence-corrected chi connectivity index (χ3v) is 3.77. The number of rotatable bonds is 8. The standard InChI is InChI=1S/C19H23N3O3/c1-14(19(24)22-12-15-6-5-9-21-11-15)10-16-7-3-4-8-17(16)25-13-18(23)20-2/h3-9,11,14H,10,12-13H2,1-2H3,(H,20,23)(H,22,24). The van der Waals surface area contributed by atoms with Crippen molar-refractivity contribution in [1.29, 1.82) is 0 Å². The minimum Gasteiger partial charge on any atom is -0.483 e. The molecule has 0 aliphatic rings. The summed E-state index contributed by atoms with van der Waals surface area (Å²) >= 11 is 0. The van der Waals surface area contributed by atoms with Crippen molar-refractivity contribution in [2.45, 2.75) is 19.9 Å². The molecule has 0 fully saturated rings. The van der Waals surface area contributed by atoms with Crippen molar-refractivity contribution in [1.82, 2.24) is 15.6 Å². The lowest BCUT2D eigenvalue weighted by Gasteiger charge is -2.15. The fourth-order valence-corrected chi connectivity index (χ4v) is 2.32. The summed E-state index contributed by atoms with van der Waals surface area (Å²) in [6.07, 6.45) is 3.96. The number of hydrogen-bond acceptors (Lipinski definition) is 4. The first-order valence-electron chi connectivity index (χ1n) is 8.18. The van der Waals surface area contributed by atoms with Crippen LogP contribution >= 0.6 is 0 Å². The third-order valence-electron chi connectivity index (χ3n) is 3.77. The van der Waals surface area contributed by atoms with E-state index in [-0.39, 0.29) is 24.3 Å². The highest BCUT2D eigenvalue weighted by Crippen LogP contribution is 2.21. The zero-order valence-corrected chi connectivity index (χ0v) is 14.5. The average Bonchev–Trinajstić information content (AvgIpc) is 2.65. The second-order valence-electron chi connectivity index (χ2n) is 5.75. The Morgan fingerprint density at radius 1 is 1.20 bits per heavy atom. The van der Waals surface area contributed by atoms with E-state index in [1.54, 1.807) is 25.5 Å². The first-order chi connectivity index (χ1) is 12.1. The molecule has 2 amide bonds. The number of nitrogens with zero attached hydrogens (tertiary/aromatic N) is 1. The number of carbonyl (C=O) groups excluding carboxylic acids is 2. The Morgan fingerprint density at radius 3 is 2.72 bits per heavy atom. The SMILES string of the molecule is CNC(=O)COc1ccccc1CC(C)C(=O)NCc1cccnc1. The number of carbonyl (C=O) groups is 2. The Balaban J connectivity index is 1.91. The fourth-order valence-electron chi connectivity index (χ4n) is 2.32. The Hall–Kier alpha value is -2.89. The maximum absolute atomic E-state index is 12.3. The van der Waals surface area contributed by atoms with Crippen LogP contribution in [0.1, 0.15) is 18.1 Å². The summed E-state index contributed by atoms with van der Waals surface area (Å²) in [5, 5.41) is 5.43. The minimum absolute atomic E-state index is 0.0371. The zero-order valence-electron chi connectivity index (χ0n) is 14.5. The predicted octanol–water partition coefficient (Wildman–Crippen LogP) is 1.70. The number of para-hydroxylation sites is 1. The second-order valence-corrected chi connectivity index (χ2v) is 5.75. The number of pyridine rings is 1. The Kier molecular flexibility index (Phi) is 6.95. The number of ether oxygens (including phenoxy) is 1. The smallest absolute Gasteiger partial charge is 0.257 e. The van der Waals surface area contributed by atoms with E-state index in [2.05, 4.69) is 15.6 Å². The molecule has 0 saturated carbocycles. The molecular formula is C19H23N3O3. The van der Waals surface area contributed by atoms with Crippen LogP contribution in [0.4, 0.5) is 0 Å². The molecule has 6 heteroatoms. The molecule has 0 spiro atoms. The molecule has 0 aliphatic carbocycles. The van der Waals surface area contributed by atoms with Gasteiger partial charge >= 0.3 is 0 Å². The molecule has 0 radical (unpaired) electrons. The summed E-state index contributed by atoms with van der Waals surface area (Å²) in [5.74, 6) is 0.168. The molecule has 1 aromatic carbocycles. The van der Waals surface area contributed by atoms with Crippen molar-refractivity contribution >= 4 is 11.8 Å². The van der Waals surface area contributed by atoms with Gasteiger partial charge in [0.1, 0.15) is 5.75 Å². The van der Waals surface area contributed by atoms with Gasteiger partial charge in [0.2, 0.25) is 5.91 Å². The normalized spacial score (nSPS) is 11.4. The molecule has 0 saturated heterocycles. The van der Waals surface area contributed by atoms with E-state index in [4.69, 9.17) is 4.74 Å². The molecule has 1 aromatic heterocycles. The van der Waals surface area contributed by atoms with Crippen LogP contribution in [0.2, 0.25) is 0 Å².